The number of aromatic carboxylic acids is 1. The molecule has 0 radical (unpaired) electrons. The molecule has 3 aromatic heterocycles. The van der Waals surface area contributed by atoms with Crippen LogP contribution in [0.5, 0.6) is 11.8 Å². The number of pyridine rings is 3. The Labute approximate surface area is 227 Å². The third-order valence-corrected chi connectivity index (χ3v) is 7.03. The largest absolute Gasteiger partial charge is 0.481 e. The first kappa shape index (κ1) is 25.6. The predicted octanol–water partition coefficient (Wildman–Crippen LogP) is 4.42. The van der Waals surface area contributed by atoms with E-state index < -0.39 is 11.4 Å². The summed E-state index contributed by atoms with van der Waals surface area (Å²) in [5.74, 6) is -0.426. The van der Waals surface area contributed by atoms with Gasteiger partial charge < -0.3 is 29.8 Å². The number of rotatable bonds is 7. The molecule has 12 heteroatoms. The fourth-order valence-electron chi connectivity index (χ4n) is 4.63. The van der Waals surface area contributed by atoms with Gasteiger partial charge >= 0.3 is 5.97 Å². The summed E-state index contributed by atoms with van der Waals surface area (Å²) in [5.41, 5.74) is 6.60. The van der Waals surface area contributed by atoms with Crippen LogP contribution in [0.3, 0.4) is 0 Å². The molecule has 0 amide bonds. The van der Waals surface area contributed by atoms with Crippen LogP contribution in [0.4, 0.5) is 11.5 Å². The number of halogens is 2. The number of anilines is 2. The quantitative estimate of drug-likeness (QED) is 0.339. The average Bonchev–Trinajstić information content (AvgIpc) is 3.36. The molecule has 0 bridgehead atoms. The molecule has 5 rings (SSSR count). The van der Waals surface area contributed by atoms with Gasteiger partial charge in [-0.1, -0.05) is 23.2 Å². The summed E-state index contributed by atoms with van der Waals surface area (Å²) >= 11 is 13.0. The van der Waals surface area contributed by atoms with Crippen LogP contribution >= 0.6 is 23.2 Å². The first-order valence-corrected chi connectivity index (χ1v) is 12.5. The maximum Gasteiger partial charge on any atom is 0.341 e. The average molecular weight is 556 g/mol. The van der Waals surface area contributed by atoms with Crippen molar-refractivity contribution < 1.29 is 19.4 Å². The molecule has 1 aliphatic rings. The summed E-state index contributed by atoms with van der Waals surface area (Å²) in [6.45, 7) is 0.998. The van der Waals surface area contributed by atoms with Crippen LogP contribution in [-0.2, 0) is 0 Å². The normalized spacial score (nSPS) is 15.1. The SMILES string of the molecule is COc1ccc(Cl)c(OC[C@H]2CCCN2c2cc3c(cc2Cl)c(=O)c(C(=O)O)cn3-c2ccnc(N)c2)n1. The zero-order chi connectivity index (χ0) is 27.0. The van der Waals surface area contributed by atoms with Crippen molar-refractivity contribution in [2.45, 2.75) is 18.9 Å². The molecule has 0 spiro atoms. The summed E-state index contributed by atoms with van der Waals surface area (Å²) in [7, 11) is 1.51. The number of aromatic nitrogens is 3. The Morgan fingerprint density at radius 2 is 2.03 bits per heavy atom. The second-order valence-electron chi connectivity index (χ2n) is 8.75. The number of nitrogen functional groups attached to an aromatic ring is 1. The summed E-state index contributed by atoms with van der Waals surface area (Å²) in [6.07, 6.45) is 4.53. The van der Waals surface area contributed by atoms with Gasteiger partial charge in [0.1, 0.15) is 23.0 Å². The molecule has 1 aliphatic heterocycles. The lowest BCUT2D eigenvalue weighted by atomic mass is 10.1. The highest BCUT2D eigenvalue weighted by atomic mass is 35.5. The number of hydrogen-bond donors (Lipinski definition) is 2. The fourth-order valence-corrected chi connectivity index (χ4v) is 5.06. The van der Waals surface area contributed by atoms with Gasteiger partial charge in [0.25, 0.3) is 0 Å². The Kier molecular flexibility index (Phi) is 7.00. The molecule has 1 atom stereocenters. The van der Waals surface area contributed by atoms with E-state index in [-0.39, 0.29) is 28.7 Å². The molecule has 0 unspecified atom stereocenters. The lowest BCUT2D eigenvalue weighted by molar-refractivity contribution is 0.0695. The number of nitrogens with two attached hydrogens (primary N) is 1. The molecule has 3 N–H and O–H groups in total. The van der Waals surface area contributed by atoms with E-state index in [2.05, 4.69) is 14.9 Å². The highest BCUT2D eigenvalue weighted by Gasteiger charge is 2.29. The molecule has 1 saturated heterocycles. The summed E-state index contributed by atoms with van der Waals surface area (Å²) in [6, 6.07) is 9.83. The highest BCUT2D eigenvalue weighted by molar-refractivity contribution is 6.34. The van der Waals surface area contributed by atoms with Crippen LogP contribution in [0.25, 0.3) is 16.6 Å². The van der Waals surface area contributed by atoms with Crippen molar-refractivity contribution in [3.63, 3.8) is 0 Å². The third-order valence-electron chi connectivity index (χ3n) is 6.44. The summed E-state index contributed by atoms with van der Waals surface area (Å²) in [5, 5.41) is 10.5. The Bertz CT molecular complexity index is 1610. The minimum Gasteiger partial charge on any atom is -0.481 e. The van der Waals surface area contributed by atoms with E-state index in [0.29, 0.717) is 46.0 Å². The van der Waals surface area contributed by atoms with Crippen molar-refractivity contribution in [2.75, 3.05) is 30.9 Å². The number of carboxylic acid groups (broad SMARTS) is 1. The summed E-state index contributed by atoms with van der Waals surface area (Å²) < 4.78 is 12.7. The topological polar surface area (TPSA) is 133 Å². The highest BCUT2D eigenvalue weighted by Crippen LogP contribution is 2.36. The van der Waals surface area contributed by atoms with Crippen LogP contribution in [0.1, 0.15) is 23.2 Å². The first-order valence-electron chi connectivity index (χ1n) is 11.7. The standard InChI is InChI=1S/C26H23Cl2N5O5/c1-37-23-5-4-18(27)25(31-23)38-13-15-3-2-8-32(15)21-11-20-16(10-19(21)28)24(34)17(26(35)36)12-33(20)14-6-7-30-22(29)9-14/h4-7,9-12,15H,2-3,8,13H2,1H3,(H2,29,30)(H,35,36)/t15-/m1/s1. The van der Waals surface area contributed by atoms with Crippen LogP contribution in [-0.4, -0.2) is 51.9 Å². The second kappa shape index (κ2) is 10.4. The number of benzene rings is 1. The third kappa shape index (κ3) is 4.80. The number of ether oxygens (including phenoxy) is 2. The smallest absolute Gasteiger partial charge is 0.341 e. The van der Waals surface area contributed by atoms with Crippen molar-refractivity contribution in [3.8, 4) is 17.4 Å². The van der Waals surface area contributed by atoms with E-state index in [1.54, 1.807) is 34.9 Å². The molecular formula is C26H23Cl2N5O5. The van der Waals surface area contributed by atoms with Crippen LogP contribution in [0.15, 0.2) is 53.6 Å². The number of fused-ring (bicyclic) bond motifs is 1. The van der Waals surface area contributed by atoms with Gasteiger partial charge in [0.2, 0.25) is 17.2 Å². The van der Waals surface area contributed by atoms with E-state index in [4.69, 9.17) is 38.4 Å². The van der Waals surface area contributed by atoms with Gasteiger partial charge in [-0.15, -0.1) is 0 Å². The van der Waals surface area contributed by atoms with E-state index >= 15 is 0 Å². The van der Waals surface area contributed by atoms with Gasteiger partial charge in [0.05, 0.1) is 35.1 Å². The van der Waals surface area contributed by atoms with E-state index in [1.165, 1.54) is 25.6 Å². The summed E-state index contributed by atoms with van der Waals surface area (Å²) in [4.78, 5) is 35.3. The monoisotopic (exact) mass is 555 g/mol. The van der Waals surface area contributed by atoms with Crippen molar-refractivity contribution in [2.24, 2.45) is 0 Å². The van der Waals surface area contributed by atoms with Gasteiger partial charge in [0, 0.05) is 36.5 Å². The zero-order valence-corrected chi connectivity index (χ0v) is 21.7. The molecule has 4 heterocycles. The molecule has 1 fully saturated rings. The van der Waals surface area contributed by atoms with E-state index in [1.807, 2.05) is 0 Å². The van der Waals surface area contributed by atoms with Gasteiger partial charge in [-0.05, 0) is 37.1 Å². The molecule has 10 nitrogen and oxygen atoms in total. The molecule has 38 heavy (non-hydrogen) atoms. The zero-order valence-electron chi connectivity index (χ0n) is 20.2. The number of methoxy groups -OCH3 is 1. The van der Waals surface area contributed by atoms with Gasteiger partial charge in [0.15, 0.2) is 0 Å². The minimum atomic E-state index is -1.34. The van der Waals surface area contributed by atoms with Gasteiger partial charge in [-0.2, -0.15) is 4.98 Å². The van der Waals surface area contributed by atoms with Crippen molar-refractivity contribution in [3.05, 3.63) is 74.6 Å². The molecule has 0 saturated carbocycles. The van der Waals surface area contributed by atoms with Crippen molar-refractivity contribution in [1.82, 2.24) is 14.5 Å². The first-order chi connectivity index (χ1) is 18.3. The number of hydrogen-bond acceptors (Lipinski definition) is 8. The molecule has 0 aliphatic carbocycles. The molecule has 1 aromatic carbocycles. The molecule has 4 aromatic rings. The predicted molar refractivity (Wildman–Crippen MR) is 145 cm³/mol. The molecule has 196 valence electrons. The maximum atomic E-state index is 13.1. The fraction of sp³-hybridized carbons (Fsp3) is 0.231. The number of carboxylic acids is 1. The molecular weight excluding hydrogens is 533 g/mol. The van der Waals surface area contributed by atoms with Crippen molar-refractivity contribution in [1.29, 1.82) is 0 Å². The van der Waals surface area contributed by atoms with Gasteiger partial charge in [-0.3, -0.25) is 4.79 Å². The van der Waals surface area contributed by atoms with Crippen LogP contribution in [0.2, 0.25) is 10.0 Å². The Hall–Kier alpha value is -4.02. The van der Waals surface area contributed by atoms with Gasteiger partial charge in [-0.25, -0.2) is 9.78 Å². The minimum absolute atomic E-state index is 0.0518. The lowest BCUT2D eigenvalue weighted by Gasteiger charge is -2.28. The van der Waals surface area contributed by atoms with E-state index in [9.17, 15) is 14.7 Å². The Morgan fingerprint density at radius 1 is 1.21 bits per heavy atom. The Morgan fingerprint density at radius 3 is 2.76 bits per heavy atom. The van der Waals surface area contributed by atoms with Crippen molar-refractivity contribution >= 4 is 51.6 Å². The maximum absolute atomic E-state index is 13.1. The van der Waals surface area contributed by atoms with E-state index in [0.717, 1.165) is 12.8 Å². The Balaban J connectivity index is 1.57. The lowest BCUT2D eigenvalue weighted by Crippen LogP contribution is -2.34. The van der Waals surface area contributed by atoms with Crippen LogP contribution in [0, 0.1) is 0 Å². The number of carbonyl (C=O) groups is 1. The second-order valence-corrected chi connectivity index (χ2v) is 9.56. The number of nitrogens with zero attached hydrogens (tertiary/aromatic N) is 4. The van der Waals surface area contributed by atoms with Crippen LogP contribution < -0.4 is 25.5 Å².